The summed E-state index contributed by atoms with van der Waals surface area (Å²) in [5.74, 6) is 0.986. The zero-order valence-electron chi connectivity index (χ0n) is 10.2. The van der Waals surface area contributed by atoms with Gasteiger partial charge >= 0.3 is 0 Å². The number of nitrogens with one attached hydrogen (secondary N) is 1. The predicted molar refractivity (Wildman–Crippen MR) is 62.6 cm³/mol. The lowest BCUT2D eigenvalue weighted by molar-refractivity contribution is 0.134. The Balaban J connectivity index is 0.000000461. The Bertz CT molecular complexity index is 156. The first-order valence-corrected chi connectivity index (χ1v) is 6.25. The molecule has 2 nitrogen and oxygen atoms in total. The van der Waals surface area contributed by atoms with Crippen molar-refractivity contribution in [1.82, 2.24) is 10.2 Å². The fourth-order valence-electron chi connectivity index (χ4n) is 2.53. The molecule has 2 aliphatic rings. The van der Waals surface area contributed by atoms with E-state index in [0.717, 1.165) is 18.0 Å². The van der Waals surface area contributed by atoms with Gasteiger partial charge in [0, 0.05) is 18.6 Å². The summed E-state index contributed by atoms with van der Waals surface area (Å²) in [4.78, 5) is 2.60. The van der Waals surface area contributed by atoms with Gasteiger partial charge in [-0.05, 0) is 45.7 Å². The summed E-state index contributed by atoms with van der Waals surface area (Å²) in [7, 11) is 0. The third kappa shape index (κ3) is 2.71. The van der Waals surface area contributed by atoms with Crippen LogP contribution >= 0.6 is 0 Å². The van der Waals surface area contributed by atoms with Crippen molar-refractivity contribution >= 4 is 0 Å². The van der Waals surface area contributed by atoms with Gasteiger partial charge in [-0.3, -0.25) is 4.90 Å². The van der Waals surface area contributed by atoms with Gasteiger partial charge in [0.2, 0.25) is 0 Å². The average Bonchev–Trinajstić information content (AvgIpc) is 2.67. The van der Waals surface area contributed by atoms with E-state index in [4.69, 9.17) is 0 Å². The highest BCUT2D eigenvalue weighted by Crippen LogP contribution is 2.25. The molecule has 2 fully saturated rings. The molecule has 2 rings (SSSR count). The second-order valence-electron chi connectivity index (χ2n) is 4.49. The smallest absolute Gasteiger partial charge is 0.0224 e. The highest BCUT2D eigenvalue weighted by Gasteiger charge is 2.32. The molecule has 0 radical (unpaired) electrons. The summed E-state index contributed by atoms with van der Waals surface area (Å²) in [6.07, 6.45) is 2.83. The summed E-state index contributed by atoms with van der Waals surface area (Å²) in [6.45, 7) is 12.5. The molecule has 2 saturated heterocycles. The third-order valence-electron chi connectivity index (χ3n) is 3.44. The van der Waals surface area contributed by atoms with E-state index in [9.17, 15) is 0 Å². The van der Waals surface area contributed by atoms with Gasteiger partial charge < -0.3 is 5.32 Å². The van der Waals surface area contributed by atoms with Crippen molar-refractivity contribution in [1.29, 1.82) is 0 Å². The van der Waals surface area contributed by atoms with Crippen molar-refractivity contribution in [2.45, 2.75) is 52.6 Å². The number of nitrogens with zero attached hydrogens (tertiary/aromatic N) is 1. The fraction of sp³-hybridized carbons (Fsp3) is 1.00. The Morgan fingerprint density at radius 3 is 2.57 bits per heavy atom. The lowest BCUT2D eigenvalue weighted by Gasteiger charge is -2.37. The predicted octanol–water partition coefficient (Wildman–Crippen LogP) is 2.10. The van der Waals surface area contributed by atoms with Crippen molar-refractivity contribution in [2.75, 3.05) is 19.6 Å². The molecule has 0 aromatic heterocycles. The molecule has 2 unspecified atom stereocenters. The third-order valence-corrected chi connectivity index (χ3v) is 3.44. The highest BCUT2D eigenvalue weighted by molar-refractivity contribution is 4.91. The maximum Gasteiger partial charge on any atom is 0.0224 e. The SMILES string of the molecule is CC.CC(C)N1CCC2CCNC2C1. The second kappa shape index (κ2) is 5.72. The molecule has 0 spiro atoms. The minimum absolute atomic E-state index is 0.730. The number of fused-ring (bicyclic) bond motifs is 1. The number of piperidine rings is 1. The van der Waals surface area contributed by atoms with E-state index in [-0.39, 0.29) is 0 Å². The molecule has 2 heterocycles. The minimum atomic E-state index is 0.730. The van der Waals surface area contributed by atoms with Gasteiger partial charge in [0.05, 0.1) is 0 Å². The molecule has 84 valence electrons. The Labute approximate surface area is 89.1 Å². The van der Waals surface area contributed by atoms with Crippen LogP contribution in [0.3, 0.4) is 0 Å². The molecule has 2 aliphatic heterocycles. The summed E-state index contributed by atoms with van der Waals surface area (Å²) in [5.41, 5.74) is 0. The van der Waals surface area contributed by atoms with E-state index < -0.39 is 0 Å². The molecule has 0 saturated carbocycles. The van der Waals surface area contributed by atoms with Gasteiger partial charge in [-0.2, -0.15) is 0 Å². The molecule has 0 bridgehead atoms. The average molecular weight is 198 g/mol. The van der Waals surface area contributed by atoms with Crippen LogP contribution in [0.5, 0.6) is 0 Å². The summed E-state index contributed by atoms with van der Waals surface area (Å²) in [5, 5.41) is 3.60. The first-order chi connectivity index (χ1) is 6.77. The van der Waals surface area contributed by atoms with Gasteiger partial charge in [0.15, 0.2) is 0 Å². The van der Waals surface area contributed by atoms with E-state index in [1.807, 2.05) is 13.8 Å². The molecule has 0 aromatic rings. The van der Waals surface area contributed by atoms with Crippen LogP contribution in [-0.4, -0.2) is 36.6 Å². The number of hydrogen-bond acceptors (Lipinski definition) is 2. The van der Waals surface area contributed by atoms with Crippen LogP contribution in [-0.2, 0) is 0 Å². The lowest BCUT2D eigenvalue weighted by Crippen LogP contribution is -2.48. The van der Waals surface area contributed by atoms with E-state index >= 15 is 0 Å². The van der Waals surface area contributed by atoms with E-state index in [0.29, 0.717) is 0 Å². The summed E-state index contributed by atoms with van der Waals surface area (Å²) >= 11 is 0. The Hall–Kier alpha value is -0.0800. The monoisotopic (exact) mass is 198 g/mol. The maximum atomic E-state index is 3.60. The van der Waals surface area contributed by atoms with Crippen LogP contribution in [0.2, 0.25) is 0 Å². The Morgan fingerprint density at radius 1 is 1.21 bits per heavy atom. The summed E-state index contributed by atoms with van der Waals surface area (Å²) < 4.78 is 0. The summed E-state index contributed by atoms with van der Waals surface area (Å²) in [6, 6.07) is 1.54. The van der Waals surface area contributed by atoms with Crippen molar-refractivity contribution in [2.24, 2.45) is 5.92 Å². The van der Waals surface area contributed by atoms with Crippen LogP contribution in [0.25, 0.3) is 0 Å². The molecule has 14 heavy (non-hydrogen) atoms. The molecule has 0 aliphatic carbocycles. The normalized spacial score (nSPS) is 32.4. The molecule has 0 amide bonds. The molecule has 0 aromatic carbocycles. The van der Waals surface area contributed by atoms with Gasteiger partial charge in [0.25, 0.3) is 0 Å². The number of hydrogen-bond donors (Lipinski definition) is 1. The molecular weight excluding hydrogens is 172 g/mol. The van der Waals surface area contributed by atoms with Gasteiger partial charge in [-0.25, -0.2) is 0 Å². The zero-order valence-corrected chi connectivity index (χ0v) is 10.2. The Kier molecular flexibility index (Phi) is 4.90. The maximum absolute atomic E-state index is 3.60. The zero-order chi connectivity index (χ0) is 10.6. The van der Waals surface area contributed by atoms with Gasteiger partial charge in [-0.15, -0.1) is 0 Å². The second-order valence-corrected chi connectivity index (χ2v) is 4.49. The minimum Gasteiger partial charge on any atom is -0.312 e. The topological polar surface area (TPSA) is 15.3 Å². The Morgan fingerprint density at radius 2 is 1.93 bits per heavy atom. The fourth-order valence-corrected chi connectivity index (χ4v) is 2.53. The molecule has 2 atom stereocenters. The largest absolute Gasteiger partial charge is 0.312 e. The van der Waals surface area contributed by atoms with Crippen molar-refractivity contribution < 1.29 is 0 Å². The van der Waals surface area contributed by atoms with Crippen molar-refractivity contribution in [3.8, 4) is 0 Å². The molecular formula is C12H26N2. The standard InChI is InChI=1S/C10H20N2.C2H6/c1-8(2)12-6-4-9-3-5-11-10(9)7-12;1-2/h8-11H,3-7H2,1-2H3;1-2H3. The number of rotatable bonds is 1. The van der Waals surface area contributed by atoms with Crippen LogP contribution in [0.15, 0.2) is 0 Å². The van der Waals surface area contributed by atoms with Crippen molar-refractivity contribution in [3.05, 3.63) is 0 Å². The van der Waals surface area contributed by atoms with E-state index in [2.05, 4.69) is 24.1 Å². The first kappa shape index (κ1) is 12.0. The van der Waals surface area contributed by atoms with Crippen molar-refractivity contribution in [3.63, 3.8) is 0 Å². The lowest BCUT2D eigenvalue weighted by atomic mass is 9.92. The van der Waals surface area contributed by atoms with Crippen LogP contribution in [0, 0.1) is 5.92 Å². The van der Waals surface area contributed by atoms with E-state index in [1.165, 1.54) is 32.5 Å². The highest BCUT2D eigenvalue weighted by atomic mass is 15.2. The van der Waals surface area contributed by atoms with Crippen LogP contribution in [0.4, 0.5) is 0 Å². The molecule has 2 heteroatoms. The number of likely N-dealkylation sites (tertiary alicyclic amines) is 1. The van der Waals surface area contributed by atoms with Crippen LogP contribution in [0.1, 0.15) is 40.5 Å². The van der Waals surface area contributed by atoms with Crippen LogP contribution < -0.4 is 5.32 Å². The van der Waals surface area contributed by atoms with E-state index in [1.54, 1.807) is 0 Å². The van der Waals surface area contributed by atoms with Gasteiger partial charge in [0.1, 0.15) is 0 Å². The van der Waals surface area contributed by atoms with Gasteiger partial charge in [-0.1, -0.05) is 13.8 Å². The first-order valence-electron chi connectivity index (χ1n) is 6.25. The quantitative estimate of drug-likeness (QED) is 0.694. The molecule has 1 N–H and O–H groups in total.